The molecule has 0 aromatic rings. The third-order valence-electron chi connectivity index (χ3n) is 2.19. The molecule has 0 unspecified atom stereocenters. The molecule has 2 amide bonds. The maximum absolute atomic E-state index is 11.2. The first kappa shape index (κ1) is 13.9. The van der Waals surface area contributed by atoms with E-state index in [2.05, 4.69) is 17.6 Å². The molecule has 0 rings (SSSR count). The van der Waals surface area contributed by atoms with Crippen LogP contribution >= 0.6 is 0 Å². The zero-order chi connectivity index (χ0) is 11.5. The molecule has 0 aliphatic rings. The number of hydrogen-bond acceptors (Lipinski definition) is 2. The van der Waals surface area contributed by atoms with Gasteiger partial charge >= 0.3 is 0 Å². The van der Waals surface area contributed by atoms with Gasteiger partial charge in [-0.2, -0.15) is 0 Å². The van der Waals surface area contributed by atoms with E-state index in [-0.39, 0.29) is 11.8 Å². The van der Waals surface area contributed by atoms with E-state index in [4.69, 9.17) is 0 Å². The van der Waals surface area contributed by atoms with Gasteiger partial charge in [0.25, 0.3) is 0 Å². The largest absolute Gasteiger partial charge is 0.359 e. The summed E-state index contributed by atoms with van der Waals surface area (Å²) in [5.74, 6) is 0.0452. The van der Waals surface area contributed by atoms with Crippen LogP contribution in [0.3, 0.4) is 0 Å². The standard InChI is InChI=1S/C11H22N2O2/c1-3-4-5-9-13-11(15)8-6-7-10(14)12-2/h3-9H2,1-2H3,(H,12,14)(H,13,15). The van der Waals surface area contributed by atoms with Crippen LogP contribution in [-0.4, -0.2) is 25.4 Å². The summed E-state index contributed by atoms with van der Waals surface area (Å²) in [5.41, 5.74) is 0. The van der Waals surface area contributed by atoms with Crippen LogP contribution in [0.4, 0.5) is 0 Å². The Morgan fingerprint density at radius 1 is 1.00 bits per heavy atom. The van der Waals surface area contributed by atoms with Crippen LogP contribution in [0.15, 0.2) is 0 Å². The number of rotatable bonds is 8. The van der Waals surface area contributed by atoms with Crippen molar-refractivity contribution in [1.82, 2.24) is 10.6 Å². The van der Waals surface area contributed by atoms with Gasteiger partial charge in [-0.25, -0.2) is 0 Å². The smallest absolute Gasteiger partial charge is 0.220 e. The first-order valence-corrected chi connectivity index (χ1v) is 5.68. The number of nitrogens with one attached hydrogen (secondary N) is 2. The first-order chi connectivity index (χ1) is 7.20. The Balaban J connectivity index is 3.29. The van der Waals surface area contributed by atoms with Crippen LogP contribution in [-0.2, 0) is 9.59 Å². The normalized spacial score (nSPS) is 9.73. The summed E-state index contributed by atoms with van der Waals surface area (Å²) in [6, 6.07) is 0. The minimum Gasteiger partial charge on any atom is -0.359 e. The van der Waals surface area contributed by atoms with Crippen molar-refractivity contribution in [2.45, 2.75) is 45.4 Å². The lowest BCUT2D eigenvalue weighted by Crippen LogP contribution is -2.25. The number of unbranched alkanes of at least 4 members (excludes halogenated alkanes) is 2. The van der Waals surface area contributed by atoms with Crippen LogP contribution in [0, 0.1) is 0 Å². The topological polar surface area (TPSA) is 58.2 Å². The Morgan fingerprint density at radius 3 is 2.27 bits per heavy atom. The predicted molar refractivity (Wildman–Crippen MR) is 60.5 cm³/mol. The number of hydrogen-bond donors (Lipinski definition) is 2. The zero-order valence-electron chi connectivity index (χ0n) is 9.77. The molecule has 0 bridgehead atoms. The maximum atomic E-state index is 11.2. The number of amides is 2. The molecule has 0 heterocycles. The van der Waals surface area contributed by atoms with Crippen LogP contribution < -0.4 is 10.6 Å². The van der Waals surface area contributed by atoms with Gasteiger partial charge in [0.05, 0.1) is 0 Å². The van der Waals surface area contributed by atoms with Crippen LogP contribution in [0.5, 0.6) is 0 Å². The first-order valence-electron chi connectivity index (χ1n) is 5.68. The average molecular weight is 214 g/mol. The second-order valence-electron chi connectivity index (χ2n) is 3.58. The summed E-state index contributed by atoms with van der Waals surface area (Å²) in [5, 5.41) is 5.37. The molecular weight excluding hydrogens is 192 g/mol. The highest BCUT2D eigenvalue weighted by molar-refractivity contribution is 5.78. The minimum absolute atomic E-state index is 0.00576. The van der Waals surface area contributed by atoms with Crippen molar-refractivity contribution in [2.24, 2.45) is 0 Å². The number of carbonyl (C=O) groups is 2. The fourth-order valence-electron chi connectivity index (χ4n) is 1.23. The molecule has 0 atom stereocenters. The lowest BCUT2D eigenvalue weighted by atomic mass is 10.2. The highest BCUT2D eigenvalue weighted by Crippen LogP contribution is 1.96. The van der Waals surface area contributed by atoms with E-state index in [1.807, 2.05) is 0 Å². The number of carbonyl (C=O) groups excluding carboxylic acids is 2. The van der Waals surface area contributed by atoms with Gasteiger partial charge in [0, 0.05) is 26.4 Å². The Morgan fingerprint density at radius 2 is 1.67 bits per heavy atom. The quantitative estimate of drug-likeness (QED) is 0.597. The fraction of sp³-hybridized carbons (Fsp3) is 0.818. The molecule has 0 saturated heterocycles. The van der Waals surface area contributed by atoms with E-state index in [0.29, 0.717) is 19.3 Å². The van der Waals surface area contributed by atoms with E-state index >= 15 is 0 Å². The molecule has 0 saturated carbocycles. The molecule has 15 heavy (non-hydrogen) atoms. The van der Waals surface area contributed by atoms with Gasteiger partial charge in [-0.05, 0) is 12.8 Å². The van der Waals surface area contributed by atoms with Gasteiger partial charge in [-0.1, -0.05) is 19.8 Å². The Kier molecular flexibility index (Phi) is 8.82. The summed E-state index contributed by atoms with van der Waals surface area (Å²) in [6.07, 6.45) is 4.85. The third-order valence-corrected chi connectivity index (χ3v) is 2.19. The molecule has 4 nitrogen and oxygen atoms in total. The van der Waals surface area contributed by atoms with Crippen molar-refractivity contribution in [3.63, 3.8) is 0 Å². The van der Waals surface area contributed by atoms with Crippen LogP contribution in [0.2, 0.25) is 0 Å². The van der Waals surface area contributed by atoms with Crippen LogP contribution in [0.25, 0.3) is 0 Å². The molecule has 0 aliphatic heterocycles. The molecule has 0 spiro atoms. The summed E-state index contributed by atoms with van der Waals surface area (Å²) >= 11 is 0. The summed E-state index contributed by atoms with van der Waals surface area (Å²) in [4.78, 5) is 22.1. The zero-order valence-corrected chi connectivity index (χ0v) is 9.77. The molecule has 0 aromatic carbocycles. The molecule has 88 valence electrons. The molecule has 0 aromatic heterocycles. The van der Waals surface area contributed by atoms with E-state index < -0.39 is 0 Å². The highest BCUT2D eigenvalue weighted by atomic mass is 16.2. The van der Waals surface area contributed by atoms with Crippen molar-refractivity contribution >= 4 is 11.8 Å². The summed E-state index contributed by atoms with van der Waals surface area (Å²) in [6.45, 7) is 2.89. The SMILES string of the molecule is CCCCCNC(=O)CCCC(=O)NC. The molecular formula is C11H22N2O2. The predicted octanol–water partition coefficient (Wildman–Crippen LogP) is 1.21. The highest BCUT2D eigenvalue weighted by Gasteiger charge is 2.02. The van der Waals surface area contributed by atoms with E-state index in [9.17, 15) is 9.59 Å². The third kappa shape index (κ3) is 9.25. The van der Waals surface area contributed by atoms with E-state index in [1.165, 1.54) is 0 Å². The second-order valence-corrected chi connectivity index (χ2v) is 3.58. The lowest BCUT2D eigenvalue weighted by molar-refractivity contribution is -0.122. The van der Waals surface area contributed by atoms with Gasteiger partial charge in [0.1, 0.15) is 0 Å². The average Bonchev–Trinajstić information content (AvgIpc) is 2.24. The van der Waals surface area contributed by atoms with Crippen molar-refractivity contribution in [3.8, 4) is 0 Å². The van der Waals surface area contributed by atoms with Gasteiger partial charge < -0.3 is 10.6 Å². The van der Waals surface area contributed by atoms with Crippen LogP contribution in [0.1, 0.15) is 45.4 Å². The Labute approximate surface area is 91.8 Å². The molecule has 0 aliphatic carbocycles. The molecule has 0 fully saturated rings. The van der Waals surface area contributed by atoms with Gasteiger partial charge in [-0.15, -0.1) is 0 Å². The second kappa shape index (κ2) is 9.49. The minimum atomic E-state index is -0.00576. The lowest BCUT2D eigenvalue weighted by Gasteiger charge is -2.04. The Hall–Kier alpha value is -1.06. The maximum Gasteiger partial charge on any atom is 0.220 e. The van der Waals surface area contributed by atoms with Gasteiger partial charge in [0.15, 0.2) is 0 Å². The van der Waals surface area contributed by atoms with E-state index in [1.54, 1.807) is 7.05 Å². The van der Waals surface area contributed by atoms with Crippen molar-refractivity contribution in [3.05, 3.63) is 0 Å². The van der Waals surface area contributed by atoms with Crippen molar-refractivity contribution < 1.29 is 9.59 Å². The fourth-order valence-corrected chi connectivity index (χ4v) is 1.23. The van der Waals surface area contributed by atoms with Crippen molar-refractivity contribution in [2.75, 3.05) is 13.6 Å². The molecule has 4 heteroatoms. The van der Waals surface area contributed by atoms with Crippen molar-refractivity contribution in [1.29, 1.82) is 0 Å². The Bertz CT molecular complexity index is 193. The van der Waals surface area contributed by atoms with Gasteiger partial charge in [0.2, 0.25) is 11.8 Å². The summed E-state index contributed by atoms with van der Waals surface area (Å²) < 4.78 is 0. The summed E-state index contributed by atoms with van der Waals surface area (Å²) in [7, 11) is 1.60. The monoisotopic (exact) mass is 214 g/mol. The van der Waals surface area contributed by atoms with Gasteiger partial charge in [-0.3, -0.25) is 9.59 Å². The molecule has 2 N–H and O–H groups in total. The molecule has 0 radical (unpaired) electrons. The van der Waals surface area contributed by atoms with E-state index in [0.717, 1.165) is 25.8 Å².